The number of amides is 1. The van der Waals surface area contributed by atoms with E-state index in [1.165, 1.54) is 0 Å². The Morgan fingerprint density at radius 3 is 2.85 bits per heavy atom. The van der Waals surface area contributed by atoms with Crippen LogP contribution in [-0.4, -0.2) is 46.3 Å². The summed E-state index contributed by atoms with van der Waals surface area (Å²) in [6.07, 6.45) is 1.11. The Bertz CT molecular complexity index is 963. The summed E-state index contributed by atoms with van der Waals surface area (Å²) in [5.74, 6) is -0.895. The molecule has 2 heterocycles. The normalized spacial score (nSPS) is 18.6. The van der Waals surface area contributed by atoms with Crippen LogP contribution in [0.25, 0.3) is 0 Å². The molecule has 3 rings (SSSR count). The number of thioether (sulfide) groups is 1. The summed E-state index contributed by atoms with van der Waals surface area (Å²) in [4.78, 5) is 12.0. The first-order chi connectivity index (χ1) is 12.7. The van der Waals surface area contributed by atoms with E-state index in [0.717, 1.165) is 30.0 Å². The Morgan fingerprint density at radius 2 is 2.15 bits per heavy atom. The van der Waals surface area contributed by atoms with Gasteiger partial charge in [0.1, 0.15) is 17.5 Å². The van der Waals surface area contributed by atoms with Gasteiger partial charge in [-0.05, 0) is 24.5 Å². The molecule has 146 valence electrons. The van der Waals surface area contributed by atoms with Crippen molar-refractivity contribution in [1.29, 1.82) is 0 Å². The second-order valence-corrected chi connectivity index (χ2v) is 9.56. The SMILES string of the molecule is Cn1c(CC2CCS(=O)(=O)C2)nnc1SCC(=O)Nc1cc(F)ccc1F. The molecule has 7 nitrogen and oxygen atoms in total. The molecule has 1 aliphatic rings. The number of nitrogens with zero attached hydrogens (tertiary/aromatic N) is 3. The van der Waals surface area contributed by atoms with Crippen LogP contribution < -0.4 is 5.32 Å². The largest absolute Gasteiger partial charge is 0.323 e. The maximum absolute atomic E-state index is 13.6. The molecule has 0 aliphatic carbocycles. The van der Waals surface area contributed by atoms with E-state index in [-0.39, 0.29) is 28.9 Å². The third kappa shape index (κ3) is 5.04. The lowest BCUT2D eigenvalue weighted by Gasteiger charge is -2.08. The number of halogens is 2. The molecule has 0 radical (unpaired) electrons. The number of aromatic nitrogens is 3. The van der Waals surface area contributed by atoms with Crippen LogP contribution in [0.2, 0.25) is 0 Å². The Hall–Kier alpha value is -2.01. The third-order valence-electron chi connectivity index (χ3n) is 4.26. The summed E-state index contributed by atoms with van der Waals surface area (Å²) in [5, 5.41) is 10.9. The molecule has 1 fully saturated rings. The van der Waals surface area contributed by atoms with Crippen LogP contribution in [0.5, 0.6) is 0 Å². The maximum Gasteiger partial charge on any atom is 0.234 e. The van der Waals surface area contributed by atoms with Gasteiger partial charge < -0.3 is 9.88 Å². The molecule has 1 amide bonds. The first kappa shape index (κ1) is 19.7. The quantitative estimate of drug-likeness (QED) is 0.722. The van der Waals surface area contributed by atoms with Crippen LogP contribution in [0.4, 0.5) is 14.5 Å². The van der Waals surface area contributed by atoms with E-state index in [2.05, 4.69) is 15.5 Å². The minimum absolute atomic E-state index is 0.0231. The highest BCUT2D eigenvalue weighted by molar-refractivity contribution is 7.99. The van der Waals surface area contributed by atoms with Gasteiger partial charge in [-0.2, -0.15) is 0 Å². The van der Waals surface area contributed by atoms with Crippen molar-refractivity contribution in [3.05, 3.63) is 35.7 Å². The average Bonchev–Trinajstić information content (AvgIpc) is 3.12. The van der Waals surface area contributed by atoms with Gasteiger partial charge in [-0.15, -0.1) is 10.2 Å². The molecule has 2 aromatic rings. The van der Waals surface area contributed by atoms with Gasteiger partial charge in [0.2, 0.25) is 5.91 Å². The second-order valence-electron chi connectivity index (χ2n) is 6.39. The van der Waals surface area contributed by atoms with Crippen molar-refractivity contribution >= 4 is 33.2 Å². The fraction of sp³-hybridized carbons (Fsp3) is 0.438. The van der Waals surface area contributed by atoms with Crippen molar-refractivity contribution in [1.82, 2.24) is 14.8 Å². The smallest absolute Gasteiger partial charge is 0.234 e. The summed E-state index contributed by atoms with van der Waals surface area (Å²) in [7, 11) is -1.21. The molecule has 0 saturated carbocycles. The predicted octanol–water partition coefficient (Wildman–Crippen LogP) is 1.80. The maximum atomic E-state index is 13.6. The van der Waals surface area contributed by atoms with Gasteiger partial charge in [0, 0.05) is 19.5 Å². The predicted molar refractivity (Wildman–Crippen MR) is 97.2 cm³/mol. The topological polar surface area (TPSA) is 93.9 Å². The number of benzene rings is 1. The molecule has 0 bridgehead atoms. The number of nitrogens with one attached hydrogen (secondary N) is 1. The summed E-state index contributed by atoms with van der Waals surface area (Å²) in [6.45, 7) is 0. The summed E-state index contributed by atoms with van der Waals surface area (Å²) < 4.78 is 51.5. The van der Waals surface area contributed by atoms with E-state index in [1.54, 1.807) is 11.6 Å². The fourth-order valence-electron chi connectivity index (χ4n) is 2.85. The molecular formula is C16H18F2N4O3S2. The molecule has 11 heteroatoms. The Morgan fingerprint density at radius 1 is 1.37 bits per heavy atom. The van der Waals surface area contributed by atoms with Crippen molar-refractivity contribution in [2.75, 3.05) is 22.6 Å². The molecule has 1 unspecified atom stereocenters. The number of sulfone groups is 1. The van der Waals surface area contributed by atoms with Gasteiger partial charge in [0.25, 0.3) is 0 Å². The van der Waals surface area contributed by atoms with E-state index >= 15 is 0 Å². The lowest BCUT2D eigenvalue weighted by Crippen LogP contribution is -2.16. The number of carbonyl (C=O) groups excluding carboxylic acids is 1. The average molecular weight is 416 g/mol. The van der Waals surface area contributed by atoms with Crippen LogP contribution in [0.1, 0.15) is 12.2 Å². The fourth-order valence-corrected chi connectivity index (χ4v) is 5.44. The standard InChI is InChI=1S/C16H18F2N4O3S2/c1-22-14(6-10-4-5-27(24,25)9-10)20-21-16(22)26-8-15(23)19-13-7-11(17)2-3-12(13)18/h2-3,7,10H,4-6,8-9H2,1H3,(H,19,23). The molecule has 0 spiro atoms. The van der Waals surface area contributed by atoms with Gasteiger partial charge in [-0.25, -0.2) is 17.2 Å². The molecule has 1 aromatic heterocycles. The molecule has 1 aliphatic heterocycles. The molecule has 1 N–H and O–H groups in total. The van der Waals surface area contributed by atoms with Gasteiger partial charge in [-0.3, -0.25) is 4.79 Å². The molecule has 1 saturated heterocycles. The van der Waals surface area contributed by atoms with E-state index in [0.29, 0.717) is 23.8 Å². The minimum Gasteiger partial charge on any atom is -0.323 e. The monoisotopic (exact) mass is 416 g/mol. The van der Waals surface area contributed by atoms with Crippen LogP contribution in [0, 0.1) is 17.6 Å². The lowest BCUT2D eigenvalue weighted by atomic mass is 10.1. The van der Waals surface area contributed by atoms with Crippen LogP contribution in [0.15, 0.2) is 23.4 Å². The highest BCUT2D eigenvalue weighted by Gasteiger charge is 2.29. The van der Waals surface area contributed by atoms with Crippen molar-refractivity contribution in [3.8, 4) is 0 Å². The van der Waals surface area contributed by atoms with Crippen molar-refractivity contribution in [2.24, 2.45) is 13.0 Å². The van der Waals surface area contributed by atoms with Crippen molar-refractivity contribution in [3.63, 3.8) is 0 Å². The van der Waals surface area contributed by atoms with Crippen LogP contribution in [0.3, 0.4) is 0 Å². The number of rotatable bonds is 6. The van der Waals surface area contributed by atoms with Crippen molar-refractivity contribution < 1.29 is 22.0 Å². The summed E-state index contributed by atoms with van der Waals surface area (Å²) in [6, 6.07) is 2.82. The summed E-state index contributed by atoms with van der Waals surface area (Å²) in [5.41, 5.74) is -0.221. The van der Waals surface area contributed by atoms with E-state index in [4.69, 9.17) is 0 Å². The number of hydrogen-bond donors (Lipinski definition) is 1. The van der Waals surface area contributed by atoms with E-state index < -0.39 is 27.4 Å². The van der Waals surface area contributed by atoms with E-state index in [9.17, 15) is 22.0 Å². The summed E-state index contributed by atoms with van der Waals surface area (Å²) >= 11 is 1.11. The molecule has 1 aromatic carbocycles. The lowest BCUT2D eigenvalue weighted by molar-refractivity contribution is -0.113. The zero-order valence-electron chi connectivity index (χ0n) is 14.5. The molecule has 1 atom stereocenters. The number of carbonyl (C=O) groups is 1. The second kappa shape index (κ2) is 7.93. The Kier molecular flexibility index (Phi) is 5.80. The van der Waals surface area contributed by atoms with Gasteiger partial charge >= 0.3 is 0 Å². The Labute approximate surface area is 159 Å². The minimum atomic E-state index is -2.95. The highest BCUT2D eigenvalue weighted by atomic mass is 32.2. The molecule has 27 heavy (non-hydrogen) atoms. The van der Waals surface area contributed by atoms with Crippen LogP contribution >= 0.6 is 11.8 Å². The number of hydrogen-bond acceptors (Lipinski definition) is 6. The van der Waals surface area contributed by atoms with Gasteiger partial charge in [0.15, 0.2) is 15.0 Å². The zero-order valence-corrected chi connectivity index (χ0v) is 16.1. The van der Waals surface area contributed by atoms with E-state index in [1.807, 2.05) is 0 Å². The van der Waals surface area contributed by atoms with Gasteiger partial charge in [0.05, 0.1) is 22.9 Å². The number of anilines is 1. The first-order valence-corrected chi connectivity index (χ1v) is 11.0. The molecular weight excluding hydrogens is 398 g/mol. The van der Waals surface area contributed by atoms with Crippen molar-refractivity contribution in [2.45, 2.75) is 18.0 Å². The zero-order chi connectivity index (χ0) is 19.6. The van der Waals surface area contributed by atoms with Crippen LogP contribution in [-0.2, 0) is 28.1 Å². The van der Waals surface area contributed by atoms with Gasteiger partial charge in [-0.1, -0.05) is 11.8 Å². The first-order valence-electron chi connectivity index (χ1n) is 8.20. The Balaban J connectivity index is 1.56. The third-order valence-corrected chi connectivity index (χ3v) is 7.12. The highest BCUT2D eigenvalue weighted by Crippen LogP contribution is 2.24.